The smallest absolute Gasteiger partial charge is 0.244 e. The Kier molecular flexibility index (Phi) is 5.46. The van der Waals surface area contributed by atoms with E-state index in [-0.39, 0.29) is 11.5 Å². The number of hydrogen-bond donors (Lipinski definition) is 1. The zero-order valence-electron chi connectivity index (χ0n) is 12.8. The quantitative estimate of drug-likeness (QED) is 0.850. The molecule has 0 unspecified atom stereocenters. The van der Waals surface area contributed by atoms with Crippen LogP contribution in [0.25, 0.3) is 6.08 Å². The Morgan fingerprint density at radius 3 is 2.48 bits per heavy atom. The van der Waals surface area contributed by atoms with E-state index in [1.165, 1.54) is 12.1 Å². The van der Waals surface area contributed by atoms with Crippen molar-refractivity contribution in [3.8, 4) is 5.75 Å². The molecule has 0 saturated heterocycles. The molecule has 5 heteroatoms. The van der Waals surface area contributed by atoms with E-state index in [4.69, 9.17) is 4.74 Å². The number of halogens is 2. The number of benzene rings is 2. The minimum Gasteiger partial charge on any atom is -0.497 e. The fraction of sp³-hybridized carbons (Fsp3) is 0.167. The Morgan fingerprint density at radius 2 is 1.87 bits per heavy atom. The van der Waals surface area contributed by atoms with Crippen molar-refractivity contribution in [2.45, 2.75) is 13.0 Å². The molecule has 1 atom stereocenters. The predicted molar refractivity (Wildman–Crippen MR) is 84.9 cm³/mol. The predicted octanol–water partition coefficient (Wildman–Crippen LogP) is 3.86. The summed E-state index contributed by atoms with van der Waals surface area (Å²) in [6.07, 6.45) is 3.00. The van der Waals surface area contributed by atoms with Gasteiger partial charge in [0, 0.05) is 17.7 Å². The van der Waals surface area contributed by atoms with Crippen molar-refractivity contribution in [1.82, 2.24) is 5.32 Å². The Hall–Kier alpha value is -2.69. The third kappa shape index (κ3) is 4.64. The minimum absolute atomic E-state index is 0.234. The second-order valence-electron chi connectivity index (χ2n) is 5.00. The van der Waals surface area contributed by atoms with Crippen molar-refractivity contribution >= 4 is 12.0 Å². The summed E-state index contributed by atoms with van der Waals surface area (Å²) in [5, 5.41) is 2.64. The Labute approximate surface area is 133 Å². The van der Waals surface area contributed by atoms with E-state index < -0.39 is 17.7 Å². The molecule has 0 aliphatic carbocycles. The zero-order chi connectivity index (χ0) is 16.8. The van der Waals surface area contributed by atoms with Gasteiger partial charge < -0.3 is 10.1 Å². The van der Waals surface area contributed by atoms with Gasteiger partial charge in [0.25, 0.3) is 0 Å². The van der Waals surface area contributed by atoms with Crippen LogP contribution in [0.1, 0.15) is 24.1 Å². The van der Waals surface area contributed by atoms with Gasteiger partial charge in [-0.05, 0) is 36.8 Å². The van der Waals surface area contributed by atoms with Crippen molar-refractivity contribution < 1.29 is 18.3 Å². The highest BCUT2D eigenvalue weighted by molar-refractivity contribution is 5.91. The van der Waals surface area contributed by atoms with Crippen LogP contribution in [0, 0.1) is 11.6 Å². The van der Waals surface area contributed by atoms with E-state index in [1.54, 1.807) is 32.2 Å². The van der Waals surface area contributed by atoms with Crippen LogP contribution in [0.3, 0.4) is 0 Å². The molecule has 0 aromatic heterocycles. The summed E-state index contributed by atoms with van der Waals surface area (Å²) in [4.78, 5) is 11.9. The topological polar surface area (TPSA) is 38.3 Å². The van der Waals surface area contributed by atoms with Gasteiger partial charge in [0.15, 0.2) is 0 Å². The van der Waals surface area contributed by atoms with Gasteiger partial charge in [0.2, 0.25) is 5.91 Å². The Bertz CT molecular complexity index is 711. The molecule has 0 saturated carbocycles. The van der Waals surface area contributed by atoms with E-state index in [0.717, 1.165) is 23.4 Å². The largest absolute Gasteiger partial charge is 0.497 e. The van der Waals surface area contributed by atoms with Crippen LogP contribution in [0.2, 0.25) is 0 Å². The molecular formula is C18H17F2NO2. The fourth-order valence-electron chi connectivity index (χ4n) is 2.08. The number of ether oxygens (including phenoxy) is 1. The van der Waals surface area contributed by atoms with Crippen LogP contribution in [0.4, 0.5) is 8.78 Å². The molecule has 0 bridgehead atoms. The van der Waals surface area contributed by atoms with E-state index in [2.05, 4.69) is 5.32 Å². The molecule has 0 radical (unpaired) electrons. The summed E-state index contributed by atoms with van der Waals surface area (Å²) in [6, 6.07) is 9.91. The van der Waals surface area contributed by atoms with Gasteiger partial charge in [-0.3, -0.25) is 4.79 Å². The molecule has 2 aromatic rings. The average molecular weight is 317 g/mol. The third-order valence-corrected chi connectivity index (χ3v) is 3.33. The summed E-state index contributed by atoms with van der Waals surface area (Å²) < 4.78 is 31.6. The highest BCUT2D eigenvalue weighted by Gasteiger charge is 2.12. The van der Waals surface area contributed by atoms with Gasteiger partial charge in [-0.25, -0.2) is 8.78 Å². The van der Waals surface area contributed by atoms with Gasteiger partial charge in [0.1, 0.15) is 17.4 Å². The first kappa shape index (κ1) is 16.7. The third-order valence-electron chi connectivity index (χ3n) is 3.33. The molecular weight excluding hydrogens is 300 g/mol. The van der Waals surface area contributed by atoms with Crippen molar-refractivity contribution in [3.05, 3.63) is 71.3 Å². The summed E-state index contributed by atoms with van der Waals surface area (Å²) in [7, 11) is 1.58. The van der Waals surface area contributed by atoms with Crippen molar-refractivity contribution in [3.63, 3.8) is 0 Å². The maximum absolute atomic E-state index is 13.7. The average Bonchev–Trinajstić information content (AvgIpc) is 2.53. The number of carbonyl (C=O) groups is 1. The molecule has 1 amide bonds. The number of hydrogen-bond acceptors (Lipinski definition) is 2. The lowest BCUT2D eigenvalue weighted by molar-refractivity contribution is -0.117. The second-order valence-corrected chi connectivity index (χ2v) is 5.00. The fourth-order valence-corrected chi connectivity index (χ4v) is 2.08. The van der Waals surface area contributed by atoms with Crippen LogP contribution in [-0.2, 0) is 4.79 Å². The lowest BCUT2D eigenvalue weighted by Crippen LogP contribution is -2.25. The van der Waals surface area contributed by atoms with Crippen LogP contribution in [-0.4, -0.2) is 13.0 Å². The standard InChI is InChI=1S/C18H17F2NO2/c1-12(16-9-6-14(19)11-17(16)20)21-18(22)10-5-13-3-7-15(23-2)8-4-13/h3-12H,1-2H3,(H,21,22)/b10-5+/t12-/m0/s1. The first-order valence-electron chi connectivity index (χ1n) is 7.07. The van der Waals surface area contributed by atoms with Gasteiger partial charge in [-0.2, -0.15) is 0 Å². The van der Waals surface area contributed by atoms with Crippen LogP contribution >= 0.6 is 0 Å². The number of rotatable bonds is 5. The zero-order valence-corrected chi connectivity index (χ0v) is 12.8. The molecule has 0 aliphatic heterocycles. The molecule has 0 heterocycles. The van der Waals surface area contributed by atoms with Crippen LogP contribution < -0.4 is 10.1 Å². The van der Waals surface area contributed by atoms with Crippen molar-refractivity contribution in [2.24, 2.45) is 0 Å². The Morgan fingerprint density at radius 1 is 1.17 bits per heavy atom. The summed E-state index contributed by atoms with van der Waals surface area (Å²) in [6.45, 7) is 1.63. The maximum Gasteiger partial charge on any atom is 0.244 e. The van der Waals surface area contributed by atoms with Gasteiger partial charge in [0.05, 0.1) is 13.2 Å². The molecule has 3 nitrogen and oxygen atoms in total. The van der Waals surface area contributed by atoms with Crippen molar-refractivity contribution in [1.29, 1.82) is 0 Å². The molecule has 0 fully saturated rings. The van der Waals surface area contributed by atoms with Gasteiger partial charge in [-0.1, -0.05) is 18.2 Å². The number of methoxy groups -OCH3 is 1. The molecule has 0 aliphatic rings. The number of nitrogens with one attached hydrogen (secondary N) is 1. The van der Waals surface area contributed by atoms with E-state index >= 15 is 0 Å². The summed E-state index contributed by atoms with van der Waals surface area (Å²) in [5.41, 5.74) is 1.07. The monoisotopic (exact) mass is 317 g/mol. The molecule has 23 heavy (non-hydrogen) atoms. The summed E-state index contributed by atoms with van der Waals surface area (Å²) >= 11 is 0. The van der Waals surface area contributed by atoms with E-state index in [1.807, 2.05) is 12.1 Å². The lowest BCUT2D eigenvalue weighted by atomic mass is 10.1. The van der Waals surface area contributed by atoms with Crippen LogP contribution in [0.5, 0.6) is 5.75 Å². The highest BCUT2D eigenvalue weighted by Crippen LogP contribution is 2.18. The van der Waals surface area contributed by atoms with Gasteiger partial charge >= 0.3 is 0 Å². The van der Waals surface area contributed by atoms with Crippen molar-refractivity contribution in [2.75, 3.05) is 7.11 Å². The Balaban J connectivity index is 1.99. The maximum atomic E-state index is 13.7. The molecule has 2 aromatic carbocycles. The normalized spacial score (nSPS) is 12.2. The van der Waals surface area contributed by atoms with Gasteiger partial charge in [-0.15, -0.1) is 0 Å². The molecule has 2 rings (SSSR count). The highest BCUT2D eigenvalue weighted by atomic mass is 19.1. The first-order chi connectivity index (χ1) is 11.0. The van der Waals surface area contributed by atoms with E-state index in [9.17, 15) is 13.6 Å². The SMILES string of the molecule is COc1ccc(/C=C/C(=O)N[C@@H](C)c2ccc(F)cc2F)cc1. The lowest BCUT2D eigenvalue weighted by Gasteiger charge is -2.13. The molecule has 120 valence electrons. The number of carbonyl (C=O) groups excluding carboxylic acids is 1. The van der Waals surface area contributed by atoms with E-state index in [0.29, 0.717) is 0 Å². The summed E-state index contributed by atoms with van der Waals surface area (Å²) in [5.74, 6) is -0.967. The molecule has 1 N–H and O–H groups in total. The number of amides is 1. The molecule has 0 spiro atoms. The second kappa shape index (κ2) is 7.54. The first-order valence-corrected chi connectivity index (χ1v) is 7.07. The van der Waals surface area contributed by atoms with Crippen LogP contribution in [0.15, 0.2) is 48.5 Å². The minimum atomic E-state index is -0.683.